The monoisotopic (exact) mass is 224 g/mol. The SMILES string of the molecule is CC(F)C(F)(F)OC(=O)CC(F)(F)F. The molecule has 0 aliphatic rings. The highest BCUT2D eigenvalue weighted by molar-refractivity contribution is 5.70. The van der Waals surface area contributed by atoms with Gasteiger partial charge in [0.1, 0.15) is 6.42 Å². The van der Waals surface area contributed by atoms with E-state index < -0.39 is 30.8 Å². The van der Waals surface area contributed by atoms with Gasteiger partial charge >= 0.3 is 18.3 Å². The fourth-order valence-electron chi connectivity index (χ4n) is 0.433. The van der Waals surface area contributed by atoms with Crippen LogP contribution in [0.2, 0.25) is 0 Å². The van der Waals surface area contributed by atoms with Crippen molar-refractivity contribution in [3.05, 3.63) is 0 Å². The van der Waals surface area contributed by atoms with Crippen LogP contribution in [0.25, 0.3) is 0 Å². The van der Waals surface area contributed by atoms with Gasteiger partial charge in [-0.15, -0.1) is 0 Å². The molecule has 84 valence electrons. The van der Waals surface area contributed by atoms with Gasteiger partial charge in [-0.1, -0.05) is 0 Å². The molecule has 14 heavy (non-hydrogen) atoms. The Bertz CT molecular complexity index is 209. The average Bonchev–Trinajstić information content (AvgIpc) is 1.79. The number of carbonyl (C=O) groups is 1. The number of ether oxygens (including phenoxy) is 1. The van der Waals surface area contributed by atoms with Crippen molar-refractivity contribution < 1.29 is 35.9 Å². The lowest BCUT2D eigenvalue weighted by Gasteiger charge is -2.17. The molecule has 0 aliphatic carbocycles. The van der Waals surface area contributed by atoms with E-state index in [0.717, 1.165) is 0 Å². The predicted molar refractivity (Wildman–Crippen MR) is 32.3 cm³/mol. The minimum Gasteiger partial charge on any atom is -0.398 e. The standard InChI is InChI=1S/C6H6F6O2/c1-3(7)6(11,12)14-4(13)2-5(8,9)10/h3H,2H2,1H3. The summed E-state index contributed by atoms with van der Waals surface area (Å²) in [7, 11) is 0. The van der Waals surface area contributed by atoms with Crippen LogP contribution in [0.5, 0.6) is 0 Å². The fourth-order valence-corrected chi connectivity index (χ4v) is 0.433. The maximum Gasteiger partial charge on any atom is 0.431 e. The van der Waals surface area contributed by atoms with Gasteiger partial charge in [-0.3, -0.25) is 4.79 Å². The summed E-state index contributed by atoms with van der Waals surface area (Å²) in [4.78, 5) is 10.2. The molecule has 8 heteroatoms. The molecule has 2 nitrogen and oxygen atoms in total. The van der Waals surface area contributed by atoms with Crippen molar-refractivity contribution in [1.82, 2.24) is 0 Å². The smallest absolute Gasteiger partial charge is 0.398 e. The summed E-state index contributed by atoms with van der Waals surface area (Å²) in [6.45, 7) is 0.362. The third kappa shape index (κ3) is 4.93. The van der Waals surface area contributed by atoms with Crippen LogP contribution >= 0.6 is 0 Å². The number of hydrogen-bond donors (Lipinski definition) is 0. The summed E-state index contributed by atoms with van der Waals surface area (Å²) in [5, 5.41) is 0. The molecule has 0 radical (unpaired) electrons. The van der Waals surface area contributed by atoms with E-state index in [1.165, 1.54) is 0 Å². The van der Waals surface area contributed by atoms with Crippen LogP contribution in [-0.2, 0) is 9.53 Å². The van der Waals surface area contributed by atoms with E-state index in [-0.39, 0.29) is 0 Å². The van der Waals surface area contributed by atoms with Gasteiger partial charge in [0.2, 0.25) is 6.17 Å². The highest BCUT2D eigenvalue weighted by atomic mass is 19.4. The molecule has 0 aromatic carbocycles. The normalized spacial score (nSPS) is 15.1. The largest absolute Gasteiger partial charge is 0.431 e. The van der Waals surface area contributed by atoms with Crippen LogP contribution in [0.1, 0.15) is 13.3 Å². The van der Waals surface area contributed by atoms with Crippen LogP contribution < -0.4 is 0 Å². The number of carbonyl (C=O) groups excluding carboxylic acids is 1. The minimum absolute atomic E-state index is 0.362. The zero-order valence-electron chi connectivity index (χ0n) is 6.87. The van der Waals surface area contributed by atoms with Gasteiger partial charge in [-0.2, -0.15) is 22.0 Å². The fraction of sp³-hybridized carbons (Fsp3) is 0.833. The van der Waals surface area contributed by atoms with Crippen molar-refractivity contribution in [1.29, 1.82) is 0 Å². The molecule has 1 atom stereocenters. The molecule has 0 rings (SSSR count). The van der Waals surface area contributed by atoms with Crippen LogP contribution in [0.3, 0.4) is 0 Å². The van der Waals surface area contributed by atoms with E-state index in [9.17, 15) is 31.1 Å². The van der Waals surface area contributed by atoms with E-state index in [2.05, 4.69) is 4.74 Å². The number of halogens is 6. The van der Waals surface area contributed by atoms with Gasteiger partial charge in [0.05, 0.1) is 0 Å². The lowest BCUT2D eigenvalue weighted by atomic mass is 10.4. The van der Waals surface area contributed by atoms with Gasteiger partial charge in [0.25, 0.3) is 0 Å². The number of alkyl halides is 6. The third-order valence-electron chi connectivity index (χ3n) is 1.06. The maximum absolute atomic E-state index is 12.2. The third-order valence-corrected chi connectivity index (χ3v) is 1.06. The summed E-state index contributed by atoms with van der Waals surface area (Å²) in [6, 6.07) is 0. The Labute approximate surface area is 74.8 Å². The molecule has 0 spiro atoms. The quantitative estimate of drug-likeness (QED) is 0.543. The lowest BCUT2D eigenvalue weighted by molar-refractivity contribution is -0.263. The zero-order valence-corrected chi connectivity index (χ0v) is 6.87. The second-order valence-corrected chi connectivity index (χ2v) is 2.44. The first-order valence-corrected chi connectivity index (χ1v) is 3.35. The topological polar surface area (TPSA) is 26.3 Å². The Morgan fingerprint density at radius 1 is 1.29 bits per heavy atom. The number of esters is 1. The Morgan fingerprint density at radius 3 is 2.00 bits per heavy atom. The molecule has 0 aliphatic heterocycles. The van der Waals surface area contributed by atoms with E-state index >= 15 is 0 Å². The molecular formula is C6H6F6O2. The molecule has 0 N–H and O–H groups in total. The van der Waals surface area contributed by atoms with Gasteiger partial charge in [0.15, 0.2) is 0 Å². The van der Waals surface area contributed by atoms with Crippen molar-refractivity contribution in [3.63, 3.8) is 0 Å². The van der Waals surface area contributed by atoms with Crippen LogP contribution in [0, 0.1) is 0 Å². The van der Waals surface area contributed by atoms with Gasteiger partial charge < -0.3 is 4.74 Å². The van der Waals surface area contributed by atoms with Gasteiger partial charge in [-0.05, 0) is 6.92 Å². The van der Waals surface area contributed by atoms with E-state index in [1.807, 2.05) is 0 Å². The number of rotatable bonds is 3. The molecule has 0 fully saturated rings. The summed E-state index contributed by atoms with van der Waals surface area (Å²) in [5.41, 5.74) is 0. The van der Waals surface area contributed by atoms with Crippen molar-refractivity contribution in [2.45, 2.75) is 31.8 Å². The predicted octanol–water partition coefficient (Wildman–Crippen LogP) is 2.43. The first-order valence-electron chi connectivity index (χ1n) is 3.35. The highest BCUT2D eigenvalue weighted by Gasteiger charge is 2.44. The van der Waals surface area contributed by atoms with Gasteiger partial charge in [-0.25, -0.2) is 4.39 Å². The van der Waals surface area contributed by atoms with E-state index in [0.29, 0.717) is 6.92 Å². The van der Waals surface area contributed by atoms with Crippen LogP contribution in [0.4, 0.5) is 26.3 Å². The summed E-state index contributed by atoms with van der Waals surface area (Å²) < 4.78 is 73.7. The van der Waals surface area contributed by atoms with Crippen LogP contribution in [0.15, 0.2) is 0 Å². The Kier molecular flexibility index (Phi) is 3.78. The maximum atomic E-state index is 12.2. The zero-order chi connectivity index (χ0) is 11.6. The second kappa shape index (κ2) is 4.05. The first kappa shape index (κ1) is 13.1. The summed E-state index contributed by atoms with van der Waals surface area (Å²) in [6.07, 6.45) is -14.5. The lowest BCUT2D eigenvalue weighted by Crippen LogP contribution is -2.35. The minimum atomic E-state index is -4.95. The van der Waals surface area contributed by atoms with E-state index in [1.54, 1.807) is 0 Å². The molecule has 0 aromatic heterocycles. The summed E-state index contributed by atoms with van der Waals surface area (Å²) >= 11 is 0. The molecule has 0 amide bonds. The molecule has 0 heterocycles. The molecule has 0 saturated heterocycles. The first-order chi connectivity index (χ1) is 6.04. The Balaban J connectivity index is 4.20. The second-order valence-electron chi connectivity index (χ2n) is 2.44. The van der Waals surface area contributed by atoms with Crippen molar-refractivity contribution in [3.8, 4) is 0 Å². The molecular weight excluding hydrogens is 218 g/mol. The highest BCUT2D eigenvalue weighted by Crippen LogP contribution is 2.26. The van der Waals surface area contributed by atoms with Gasteiger partial charge in [0, 0.05) is 0 Å². The Morgan fingerprint density at radius 2 is 1.71 bits per heavy atom. The van der Waals surface area contributed by atoms with Crippen molar-refractivity contribution in [2.75, 3.05) is 0 Å². The molecule has 0 saturated carbocycles. The average molecular weight is 224 g/mol. The molecule has 0 bridgehead atoms. The summed E-state index contributed by atoms with van der Waals surface area (Å²) in [5.74, 6) is -2.22. The molecule has 1 unspecified atom stereocenters. The van der Waals surface area contributed by atoms with Crippen molar-refractivity contribution in [2.24, 2.45) is 0 Å². The Hall–Kier alpha value is -0.950. The van der Waals surface area contributed by atoms with Crippen molar-refractivity contribution >= 4 is 5.97 Å². The van der Waals surface area contributed by atoms with Crippen LogP contribution in [-0.4, -0.2) is 24.4 Å². The van der Waals surface area contributed by atoms with E-state index in [4.69, 9.17) is 0 Å². The number of hydrogen-bond acceptors (Lipinski definition) is 2. The molecule has 0 aromatic rings.